The molecular weight excluding hydrogens is 333 g/mol. The molecule has 0 bridgehead atoms. The molecule has 1 fully saturated rings. The SMILES string of the molecule is CC(C)CNc1nccc(C(=O)N2CCN(c3ccc(F)cc3)CC2)n1. The average Bonchev–Trinajstić information content (AvgIpc) is 2.67. The van der Waals surface area contributed by atoms with E-state index in [1.54, 1.807) is 29.3 Å². The lowest BCUT2D eigenvalue weighted by Gasteiger charge is -2.36. The molecular formula is C19H24FN5O. The van der Waals surface area contributed by atoms with Gasteiger partial charge in [-0.05, 0) is 36.2 Å². The molecule has 1 N–H and O–H groups in total. The van der Waals surface area contributed by atoms with Gasteiger partial charge in [0.1, 0.15) is 11.5 Å². The second-order valence-electron chi connectivity index (χ2n) is 6.80. The molecule has 0 spiro atoms. The predicted molar refractivity (Wildman–Crippen MR) is 99.9 cm³/mol. The molecule has 6 nitrogen and oxygen atoms in total. The summed E-state index contributed by atoms with van der Waals surface area (Å²) in [5.74, 6) is 0.624. The predicted octanol–water partition coefficient (Wildman–Crippen LogP) is 2.65. The van der Waals surface area contributed by atoms with Crippen molar-refractivity contribution in [2.45, 2.75) is 13.8 Å². The van der Waals surface area contributed by atoms with Gasteiger partial charge in [-0.15, -0.1) is 0 Å². The van der Waals surface area contributed by atoms with Crippen LogP contribution in [0.4, 0.5) is 16.0 Å². The van der Waals surface area contributed by atoms with Crippen LogP contribution in [0.3, 0.4) is 0 Å². The van der Waals surface area contributed by atoms with Gasteiger partial charge in [0.15, 0.2) is 0 Å². The zero-order valence-corrected chi connectivity index (χ0v) is 15.2. The van der Waals surface area contributed by atoms with Crippen LogP contribution in [0, 0.1) is 11.7 Å². The van der Waals surface area contributed by atoms with E-state index < -0.39 is 0 Å². The van der Waals surface area contributed by atoms with Gasteiger partial charge in [-0.3, -0.25) is 4.79 Å². The fourth-order valence-electron chi connectivity index (χ4n) is 2.84. The summed E-state index contributed by atoms with van der Waals surface area (Å²) in [6.45, 7) is 7.59. The summed E-state index contributed by atoms with van der Waals surface area (Å²) in [5, 5.41) is 3.14. The number of benzene rings is 1. The van der Waals surface area contributed by atoms with E-state index in [1.807, 2.05) is 0 Å². The highest BCUT2D eigenvalue weighted by Crippen LogP contribution is 2.17. The highest BCUT2D eigenvalue weighted by atomic mass is 19.1. The van der Waals surface area contributed by atoms with Crippen molar-refractivity contribution in [1.29, 1.82) is 0 Å². The first kappa shape index (κ1) is 18.1. The van der Waals surface area contributed by atoms with Crippen molar-refractivity contribution >= 4 is 17.5 Å². The lowest BCUT2D eigenvalue weighted by atomic mass is 10.2. The largest absolute Gasteiger partial charge is 0.368 e. The van der Waals surface area contributed by atoms with E-state index in [4.69, 9.17) is 0 Å². The number of nitrogens with zero attached hydrogens (tertiary/aromatic N) is 4. The molecule has 0 atom stereocenters. The molecule has 1 amide bonds. The normalized spacial score (nSPS) is 14.6. The van der Waals surface area contributed by atoms with Crippen LogP contribution in [0.15, 0.2) is 36.5 Å². The lowest BCUT2D eigenvalue weighted by Crippen LogP contribution is -2.49. The first-order valence-electron chi connectivity index (χ1n) is 8.89. The van der Waals surface area contributed by atoms with Crippen LogP contribution in [-0.4, -0.2) is 53.5 Å². The molecule has 2 heterocycles. The van der Waals surface area contributed by atoms with Crippen molar-refractivity contribution in [1.82, 2.24) is 14.9 Å². The number of hydrogen-bond acceptors (Lipinski definition) is 5. The molecule has 1 aromatic carbocycles. The van der Waals surface area contributed by atoms with Gasteiger partial charge in [-0.1, -0.05) is 13.8 Å². The molecule has 7 heteroatoms. The van der Waals surface area contributed by atoms with Crippen molar-refractivity contribution in [3.8, 4) is 0 Å². The Bertz CT molecular complexity index is 742. The number of anilines is 2. The topological polar surface area (TPSA) is 61.4 Å². The van der Waals surface area contributed by atoms with Gasteiger partial charge in [0.2, 0.25) is 5.95 Å². The third kappa shape index (κ3) is 4.47. The van der Waals surface area contributed by atoms with Crippen LogP contribution in [0.1, 0.15) is 24.3 Å². The van der Waals surface area contributed by atoms with E-state index in [0.717, 1.165) is 12.2 Å². The van der Waals surface area contributed by atoms with Crippen LogP contribution >= 0.6 is 0 Å². The molecule has 1 saturated heterocycles. The number of nitrogens with one attached hydrogen (secondary N) is 1. The lowest BCUT2D eigenvalue weighted by molar-refractivity contribution is 0.0741. The summed E-state index contributed by atoms with van der Waals surface area (Å²) in [6, 6.07) is 8.10. The number of carbonyl (C=O) groups is 1. The maximum absolute atomic E-state index is 13.1. The minimum Gasteiger partial charge on any atom is -0.368 e. The van der Waals surface area contributed by atoms with Crippen molar-refractivity contribution in [2.24, 2.45) is 5.92 Å². The molecule has 0 unspecified atom stereocenters. The summed E-state index contributed by atoms with van der Waals surface area (Å²) >= 11 is 0. The zero-order valence-electron chi connectivity index (χ0n) is 15.2. The van der Waals surface area contributed by atoms with Crippen molar-refractivity contribution in [3.05, 3.63) is 48.0 Å². The van der Waals surface area contributed by atoms with Crippen molar-refractivity contribution < 1.29 is 9.18 Å². The molecule has 0 radical (unpaired) electrons. The minimum atomic E-state index is -0.242. The Labute approximate surface area is 153 Å². The molecule has 1 aliphatic heterocycles. The Hall–Kier alpha value is -2.70. The average molecular weight is 357 g/mol. The van der Waals surface area contributed by atoms with E-state index in [9.17, 15) is 9.18 Å². The van der Waals surface area contributed by atoms with Gasteiger partial charge in [0.05, 0.1) is 0 Å². The number of amides is 1. The second kappa shape index (κ2) is 8.12. The standard InChI is InChI=1S/C19H24FN5O/c1-14(2)13-22-19-21-8-7-17(23-19)18(26)25-11-9-24(10-12-25)16-5-3-15(20)4-6-16/h3-8,14H,9-13H2,1-2H3,(H,21,22,23). The summed E-state index contributed by atoms with van der Waals surface area (Å²) in [7, 11) is 0. The van der Waals surface area contributed by atoms with E-state index in [1.165, 1.54) is 12.1 Å². The van der Waals surface area contributed by atoms with Crippen LogP contribution in [0.25, 0.3) is 0 Å². The van der Waals surface area contributed by atoms with Gasteiger partial charge < -0.3 is 15.1 Å². The van der Waals surface area contributed by atoms with Crippen LogP contribution in [0.2, 0.25) is 0 Å². The number of rotatable bonds is 5. The maximum Gasteiger partial charge on any atom is 0.272 e. The summed E-state index contributed by atoms with van der Waals surface area (Å²) in [4.78, 5) is 25.2. The number of hydrogen-bond donors (Lipinski definition) is 1. The summed E-state index contributed by atoms with van der Waals surface area (Å²) in [5.41, 5.74) is 1.38. The van der Waals surface area contributed by atoms with Gasteiger partial charge in [0.25, 0.3) is 5.91 Å². The quantitative estimate of drug-likeness (QED) is 0.891. The molecule has 1 aliphatic rings. The number of carbonyl (C=O) groups excluding carboxylic acids is 1. The first-order chi connectivity index (χ1) is 12.5. The Morgan fingerprint density at radius 2 is 1.85 bits per heavy atom. The van der Waals surface area contributed by atoms with E-state index in [0.29, 0.717) is 43.7 Å². The monoisotopic (exact) mass is 357 g/mol. The molecule has 3 rings (SSSR count). The molecule has 0 aliphatic carbocycles. The highest BCUT2D eigenvalue weighted by Gasteiger charge is 2.23. The Morgan fingerprint density at radius 3 is 2.50 bits per heavy atom. The van der Waals surface area contributed by atoms with E-state index >= 15 is 0 Å². The van der Waals surface area contributed by atoms with Crippen LogP contribution < -0.4 is 10.2 Å². The van der Waals surface area contributed by atoms with Crippen LogP contribution in [-0.2, 0) is 0 Å². The van der Waals surface area contributed by atoms with Gasteiger partial charge in [-0.2, -0.15) is 0 Å². The van der Waals surface area contributed by atoms with Gasteiger partial charge >= 0.3 is 0 Å². The van der Waals surface area contributed by atoms with Gasteiger partial charge in [0, 0.05) is 44.6 Å². The third-order valence-corrected chi connectivity index (χ3v) is 4.30. The smallest absolute Gasteiger partial charge is 0.272 e. The zero-order chi connectivity index (χ0) is 18.5. The first-order valence-corrected chi connectivity index (χ1v) is 8.89. The Kier molecular flexibility index (Phi) is 5.65. The fourth-order valence-corrected chi connectivity index (χ4v) is 2.84. The van der Waals surface area contributed by atoms with E-state index in [2.05, 4.69) is 34.0 Å². The summed E-state index contributed by atoms with van der Waals surface area (Å²) in [6.07, 6.45) is 1.61. The maximum atomic E-state index is 13.1. The molecule has 2 aromatic rings. The van der Waals surface area contributed by atoms with Crippen molar-refractivity contribution in [2.75, 3.05) is 42.9 Å². The molecule has 138 valence electrons. The van der Waals surface area contributed by atoms with E-state index in [-0.39, 0.29) is 11.7 Å². The second-order valence-corrected chi connectivity index (χ2v) is 6.80. The Morgan fingerprint density at radius 1 is 1.15 bits per heavy atom. The third-order valence-electron chi connectivity index (χ3n) is 4.30. The Balaban J connectivity index is 1.59. The fraction of sp³-hybridized carbons (Fsp3) is 0.421. The molecule has 1 aromatic heterocycles. The minimum absolute atomic E-state index is 0.0845. The molecule has 0 saturated carbocycles. The van der Waals surface area contributed by atoms with Crippen LogP contribution in [0.5, 0.6) is 0 Å². The number of aromatic nitrogens is 2. The van der Waals surface area contributed by atoms with Crippen molar-refractivity contribution in [3.63, 3.8) is 0 Å². The number of piperazine rings is 1. The van der Waals surface area contributed by atoms with Gasteiger partial charge in [-0.25, -0.2) is 14.4 Å². The summed E-state index contributed by atoms with van der Waals surface area (Å²) < 4.78 is 13.1. The highest BCUT2D eigenvalue weighted by molar-refractivity contribution is 5.92. The molecule has 26 heavy (non-hydrogen) atoms. The number of halogens is 1.